The standard InChI is InChI=1S/C13H15BrN2O3S/c1-3-13(4-2)10(17)15-12(19)16(11(13)18)7-9-8(14)5-6-20-9/h5-6H,3-4,7H2,1-2H3,(H,15,17,19). The number of nitrogens with one attached hydrogen (secondary N) is 1. The zero-order valence-corrected chi connectivity index (χ0v) is 13.6. The van der Waals surface area contributed by atoms with Gasteiger partial charge in [-0.05, 0) is 40.2 Å². The smallest absolute Gasteiger partial charge is 0.277 e. The van der Waals surface area contributed by atoms with Gasteiger partial charge < -0.3 is 0 Å². The quantitative estimate of drug-likeness (QED) is 0.841. The van der Waals surface area contributed by atoms with E-state index in [1.54, 1.807) is 13.8 Å². The van der Waals surface area contributed by atoms with Gasteiger partial charge in [0.2, 0.25) is 11.8 Å². The van der Waals surface area contributed by atoms with Crippen molar-refractivity contribution in [3.63, 3.8) is 0 Å². The summed E-state index contributed by atoms with van der Waals surface area (Å²) >= 11 is 4.84. The van der Waals surface area contributed by atoms with E-state index in [4.69, 9.17) is 0 Å². The van der Waals surface area contributed by atoms with Crippen LogP contribution in [0.25, 0.3) is 0 Å². The van der Waals surface area contributed by atoms with Crippen molar-refractivity contribution in [2.24, 2.45) is 5.41 Å². The van der Waals surface area contributed by atoms with Gasteiger partial charge in [0.05, 0.1) is 6.54 Å². The molecule has 0 bridgehead atoms. The average molecular weight is 359 g/mol. The summed E-state index contributed by atoms with van der Waals surface area (Å²) in [4.78, 5) is 38.6. The molecule has 1 aliphatic rings. The molecule has 0 unspecified atom stereocenters. The van der Waals surface area contributed by atoms with Gasteiger partial charge in [-0.3, -0.25) is 19.8 Å². The van der Waals surface area contributed by atoms with Crippen molar-refractivity contribution >= 4 is 45.1 Å². The SMILES string of the molecule is CCC1(CC)C(=O)NC(=O)N(Cc2sccc2Br)C1=O. The molecule has 0 atom stereocenters. The minimum absolute atomic E-state index is 0.179. The van der Waals surface area contributed by atoms with Gasteiger partial charge in [0, 0.05) is 9.35 Å². The molecule has 1 fully saturated rings. The fourth-order valence-corrected chi connectivity index (χ4v) is 3.80. The van der Waals surface area contributed by atoms with Gasteiger partial charge in [-0.15, -0.1) is 11.3 Å². The third-order valence-corrected chi connectivity index (χ3v) is 5.67. The van der Waals surface area contributed by atoms with Crippen LogP contribution in [0.3, 0.4) is 0 Å². The molecule has 1 saturated heterocycles. The molecule has 108 valence electrons. The molecule has 0 spiro atoms. The van der Waals surface area contributed by atoms with Crippen LogP contribution in [0.15, 0.2) is 15.9 Å². The topological polar surface area (TPSA) is 66.5 Å². The predicted octanol–water partition coefficient (Wildman–Crippen LogP) is 2.90. The fraction of sp³-hybridized carbons (Fsp3) is 0.462. The monoisotopic (exact) mass is 358 g/mol. The van der Waals surface area contributed by atoms with Crippen LogP contribution in [-0.2, 0) is 16.1 Å². The van der Waals surface area contributed by atoms with E-state index in [1.807, 2.05) is 11.4 Å². The Morgan fingerprint density at radius 3 is 2.45 bits per heavy atom. The Hall–Kier alpha value is -1.21. The van der Waals surface area contributed by atoms with Crippen molar-refractivity contribution < 1.29 is 14.4 Å². The van der Waals surface area contributed by atoms with Crippen molar-refractivity contribution in [2.45, 2.75) is 33.2 Å². The van der Waals surface area contributed by atoms with Crippen LogP contribution in [0.1, 0.15) is 31.6 Å². The minimum Gasteiger partial charge on any atom is -0.277 e. The molecule has 1 N–H and O–H groups in total. The molecule has 7 heteroatoms. The molecule has 0 saturated carbocycles. The summed E-state index contributed by atoms with van der Waals surface area (Å²) in [7, 11) is 0. The third-order valence-electron chi connectivity index (χ3n) is 3.75. The van der Waals surface area contributed by atoms with E-state index in [0.717, 1.165) is 14.2 Å². The van der Waals surface area contributed by atoms with Crippen molar-refractivity contribution in [3.8, 4) is 0 Å². The first kappa shape index (κ1) is 15.2. The lowest BCUT2D eigenvalue weighted by Gasteiger charge is -2.38. The highest BCUT2D eigenvalue weighted by Gasteiger charge is 2.51. The summed E-state index contributed by atoms with van der Waals surface area (Å²) in [6.07, 6.45) is 0.757. The van der Waals surface area contributed by atoms with Crippen LogP contribution in [0.2, 0.25) is 0 Å². The molecule has 0 aromatic carbocycles. The average Bonchev–Trinajstić information content (AvgIpc) is 2.81. The molecule has 1 aliphatic heterocycles. The summed E-state index contributed by atoms with van der Waals surface area (Å²) in [5, 5.41) is 4.18. The lowest BCUT2D eigenvalue weighted by Crippen LogP contribution is -2.63. The second-order valence-electron chi connectivity index (χ2n) is 4.63. The zero-order valence-electron chi connectivity index (χ0n) is 11.2. The highest BCUT2D eigenvalue weighted by molar-refractivity contribution is 9.10. The zero-order chi connectivity index (χ0) is 14.9. The summed E-state index contributed by atoms with van der Waals surface area (Å²) in [5.41, 5.74) is -1.13. The van der Waals surface area contributed by atoms with Crippen LogP contribution in [-0.4, -0.2) is 22.7 Å². The number of urea groups is 1. The number of hydrogen-bond donors (Lipinski definition) is 1. The Kier molecular flexibility index (Phi) is 4.29. The first-order valence-electron chi connectivity index (χ1n) is 6.35. The van der Waals surface area contributed by atoms with Gasteiger partial charge in [-0.1, -0.05) is 13.8 Å². The minimum atomic E-state index is -1.13. The van der Waals surface area contributed by atoms with Gasteiger partial charge in [0.15, 0.2) is 0 Å². The van der Waals surface area contributed by atoms with Crippen LogP contribution in [0, 0.1) is 5.41 Å². The number of barbiturate groups is 1. The second-order valence-corrected chi connectivity index (χ2v) is 6.49. The number of carbonyl (C=O) groups excluding carboxylic acids is 3. The Labute approximate surface area is 129 Å². The lowest BCUT2D eigenvalue weighted by molar-refractivity contribution is -0.152. The fourth-order valence-electron chi connectivity index (χ4n) is 2.33. The van der Waals surface area contributed by atoms with E-state index in [9.17, 15) is 14.4 Å². The van der Waals surface area contributed by atoms with Crippen molar-refractivity contribution in [1.82, 2.24) is 10.2 Å². The molecule has 0 radical (unpaired) electrons. The van der Waals surface area contributed by atoms with E-state index in [2.05, 4.69) is 21.2 Å². The van der Waals surface area contributed by atoms with Gasteiger partial charge >= 0.3 is 6.03 Å². The second kappa shape index (κ2) is 5.65. The molecule has 5 nitrogen and oxygen atoms in total. The van der Waals surface area contributed by atoms with Gasteiger partial charge in [0.25, 0.3) is 0 Å². The van der Waals surface area contributed by atoms with E-state index in [0.29, 0.717) is 12.8 Å². The van der Waals surface area contributed by atoms with E-state index in [1.165, 1.54) is 11.3 Å². The molecule has 4 amide bonds. The number of thiophene rings is 1. The molecular weight excluding hydrogens is 344 g/mol. The number of hydrogen-bond acceptors (Lipinski definition) is 4. The maximum Gasteiger partial charge on any atom is 0.331 e. The normalized spacial score (nSPS) is 18.4. The molecule has 1 aromatic rings. The van der Waals surface area contributed by atoms with Gasteiger partial charge in [-0.2, -0.15) is 0 Å². The number of nitrogens with zero attached hydrogens (tertiary/aromatic N) is 1. The first-order valence-corrected chi connectivity index (χ1v) is 8.02. The molecule has 2 rings (SSSR count). The van der Waals surface area contributed by atoms with Crippen molar-refractivity contribution in [3.05, 3.63) is 20.8 Å². The van der Waals surface area contributed by atoms with Crippen LogP contribution < -0.4 is 5.32 Å². The Morgan fingerprint density at radius 2 is 1.95 bits per heavy atom. The van der Waals surface area contributed by atoms with Crippen LogP contribution >= 0.6 is 27.3 Å². The molecule has 0 aliphatic carbocycles. The van der Waals surface area contributed by atoms with Gasteiger partial charge in [0.1, 0.15) is 5.41 Å². The predicted molar refractivity (Wildman–Crippen MR) is 79.1 cm³/mol. The Balaban J connectivity index is 2.33. The summed E-state index contributed by atoms with van der Waals surface area (Å²) < 4.78 is 0.860. The number of amides is 4. The number of rotatable bonds is 4. The largest absolute Gasteiger partial charge is 0.331 e. The molecular formula is C13H15BrN2O3S. The highest BCUT2D eigenvalue weighted by atomic mass is 79.9. The van der Waals surface area contributed by atoms with Gasteiger partial charge in [-0.25, -0.2) is 4.79 Å². The van der Waals surface area contributed by atoms with E-state index in [-0.39, 0.29) is 6.54 Å². The van der Waals surface area contributed by atoms with Crippen molar-refractivity contribution in [2.75, 3.05) is 0 Å². The number of carbonyl (C=O) groups is 3. The van der Waals surface area contributed by atoms with Crippen molar-refractivity contribution in [1.29, 1.82) is 0 Å². The highest BCUT2D eigenvalue weighted by Crippen LogP contribution is 2.34. The lowest BCUT2D eigenvalue weighted by atomic mass is 9.78. The summed E-state index contributed by atoms with van der Waals surface area (Å²) in [5.74, 6) is -0.893. The maximum atomic E-state index is 12.6. The van der Waals surface area contributed by atoms with Crippen LogP contribution in [0.5, 0.6) is 0 Å². The van der Waals surface area contributed by atoms with Crippen LogP contribution in [0.4, 0.5) is 4.79 Å². The third kappa shape index (κ3) is 2.29. The molecule has 20 heavy (non-hydrogen) atoms. The maximum absolute atomic E-state index is 12.6. The summed E-state index contributed by atoms with van der Waals surface area (Å²) in [6, 6.07) is 1.22. The van der Waals surface area contributed by atoms with E-state index >= 15 is 0 Å². The Bertz CT molecular complexity index is 566. The first-order chi connectivity index (χ1) is 9.46. The number of imide groups is 2. The summed E-state index contributed by atoms with van der Waals surface area (Å²) in [6.45, 7) is 3.75. The molecule has 2 heterocycles. The molecule has 1 aromatic heterocycles. The Morgan fingerprint density at radius 1 is 1.30 bits per heavy atom. The number of halogens is 1. The van der Waals surface area contributed by atoms with E-state index < -0.39 is 23.3 Å².